The lowest BCUT2D eigenvalue weighted by molar-refractivity contribution is 0.147. The van der Waals surface area contributed by atoms with Crippen LogP contribution in [-0.2, 0) is 4.74 Å². The number of nitrogens with zero attached hydrogens (tertiary/aromatic N) is 3. The molecule has 0 aliphatic heterocycles. The Bertz CT molecular complexity index is 524. The summed E-state index contributed by atoms with van der Waals surface area (Å²) in [5, 5.41) is 6.57. The van der Waals surface area contributed by atoms with E-state index < -0.39 is 0 Å². The van der Waals surface area contributed by atoms with Crippen LogP contribution in [0.25, 0.3) is 0 Å². The molecule has 2 aromatic rings. The van der Waals surface area contributed by atoms with Crippen molar-refractivity contribution in [2.24, 2.45) is 0 Å². The van der Waals surface area contributed by atoms with E-state index in [2.05, 4.69) is 33.0 Å². The Kier molecular flexibility index (Phi) is 6.20. The largest absolute Gasteiger partial charge is 0.382 e. The van der Waals surface area contributed by atoms with E-state index >= 15 is 0 Å². The lowest BCUT2D eigenvalue weighted by Gasteiger charge is -2.17. The number of thiazole rings is 1. The fourth-order valence-corrected chi connectivity index (χ4v) is 3.11. The summed E-state index contributed by atoms with van der Waals surface area (Å²) in [6.45, 7) is 8.65. The van der Waals surface area contributed by atoms with Crippen LogP contribution in [0, 0.1) is 6.92 Å². The van der Waals surface area contributed by atoms with Gasteiger partial charge in [-0.1, -0.05) is 6.92 Å². The first-order valence-electron chi connectivity index (χ1n) is 7.52. The minimum absolute atomic E-state index is 0.251. The fourth-order valence-electron chi connectivity index (χ4n) is 2.29. The van der Waals surface area contributed by atoms with Crippen molar-refractivity contribution in [3.63, 3.8) is 0 Å². The van der Waals surface area contributed by atoms with Crippen LogP contribution < -0.4 is 5.32 Å². The number of anilines is 1. The molecule has 21 heavy (non-hydrogen) atoms. The van der Waals surface area contributed by atoms with E-state index in [1.165, 1.54) is 0 Å². The molecule has 0 aliphatic carbocycles. The van der Waals surface area contributed by atoms with Gasteiger partial charge in [-0.25, -0.2) is 9.97 Å². The topological polar surface area (TPSA) is 52.0 Å². The predicted octanol–water partition coefficient (Wildman–Crippen LogP) is 3.49. The van der Waals surface area contributed by atoms with Gasteiger partial charge in [-0.05, 0) is 26.7 Å². The molecular formula is C15H24N4OS. The first-order valence-corrected chi connectivity index (χ1v) is 8.40. The highest BCUT2D eigenvalue weighted by atomic mass is 32.1. The van der Waals surface area contributed by atoms with Crippen molar-refractivity contribution in [1.29, 1.82) is 0 Å². The van der Waals surface area contributed by atoms with Gasteiger partial charge in [-0.2, -0.15) is 0 Å². The molecular weight excluding hydrogens is 284 g/mol. The zero-order valence-corrected chi connectivity index (χ0v) is 13.8. The van der Waals surface area contributed by atoms with Gasteiger partial charge in [-0.15, -0.1) is 11.3 Å². The lowest BCUT2D eigenvalue weighted by atomic mass is 10.2. The lowest BCUT2D eigenvalue weighted by Crippen LogP contribution is -2.15. The molecule has 5 nitrogen and oxygen atoms in total. The minimum Gasteiger partial charge on any atom is -0.382 e. The van der Waals surface area contributed by atoms with Gasteiger partial charge in [0, 0.05) is 37.5 Å². The average molecular weight is 308 g/mol. The number of rotatable bonds is 9. The number of hydrogen-bond donors (Lipinski definition) is 1. The smallest absolute Gasteiger partial charge is 0.203 e. The monoisotopic (exact) mass is 308 g/mol. The van der Waals surface area contributed by atoms with E-state index in [9.17, 15) is 0 Å². The fraction of sp³-hybridized carbons (Fsp3) is 0.600. The third-order valence-corrected chi connectivity index (χ3v) is 4.14. The molecule has 2 rings (SSSR count). The van der Waals surface area contributed by atoms with Gasteiger partial charge < -0.3 is 14.6 Å². The molecule has 6 heteroatoms. The van der Waals surface area contributed by atoms with Crippen LogP contribution in [0.15, 0.2) is 17.8 Å². The molecule has 2 aromatic heterocycles. The molecule has 0 aliphatic rings. The van der Waals surface area contributed by atoms with Gasteiger partial charge in [0.2, 0.25) is 5.95 Å². The van der Waals surface area contributed by atoms with E-state index in [1.54, 1.807) is 11.3 Å². The summed E-state index contributed by atoms with van der Waals surface area (Å²) in [7, 11) is 0. The van der Waals surface area contributed by atoms with Crippen LogP contribution in [0.2, 0.25) is 0 Å². The molecule has 2 heterocycles. The Labute approximate surface area is 130 Å². The first kappa shape index (κ1) is 16.0. The first-order chi connectivity index (χ1) is 10.3. The highest BCUT2D eigenvalue weighted by Gasteiger charge is 2.18. The molecule has 116 valence electrons. The number of imidazole rings is 1. The molecule has 1 N–H and O–H groups in total. The standard InChI is InChI=1S/C15H24N4OS/c1-4-13(14-16-8-10-21-14)19-11-12(3)18-15(19)17-7-6-9-20-5-2/h8,10-11,13H,4-7,9H2,1-3H3,(H,17,18). The number of aromatic nitrogens is 3. The van der Waals surface area contributed by atoms with Crippen molar-refractivity contribution in [3.8, 4) is 0 Å². The normalized spacial score (nSPS) is 12.5. The molecule has 0 saturated heterocycles. The molecule has 0 spiro atoms. The van der Waals surface area contributed by atoms with Crippen LogP contribution in [0.4, 0.5) is 5.95 Å². The summed E-state index contributed by atoms with van der Waals surface area (Å²) >= 11 is 1.70. The van der Waals surface area contributed by atoms with Crippen LogP contribution in [0.1, 0.15) is 43.4 Å². The minimum atomic E-state index is 0.251. The van der Waals surface area contributed by atoms with E-state index in [1.807, 2.05) is 25.4 Å². The van der Waals surface area contributed by atoms with E-state index in [0.717, 1.165) is 49.3 Å². The predicted molar refractivity (Wildman–Crippen MR) is 87.1 cm³/mol. The van der Waals surface area contributed by atoms with Gasteiger partial charge in [-0.3, -0.25) is 0 Å². The Balaban J connectivity index is 2.05. The van der Waals surface area contributed by atoms with E-state index in [4.69, 9.17) is 4.74 Å². The highest BCUT2D eigenvalue weighted by molar-refractivity contribution is 7.09. The van der Waals surface area contributed by atoms with Gasteiger partial charge in [0.25, 0.3) is 0 Å². The molecule has 0 radical (unpaired) electrons. The summed E-state index contributed by atoms with van der Waals surface area (Å²) < 4.78 is 7.56. The van der Waals surface area contributed by atoms with Gasteiger partial charge in [0.1, 0.15) is 5.01 Å². The second kappa shape index (κ2) is 8.14. The maximum absolute atomic E-state index is 5.36. The Hall–Kier alpha value is -1.40. The highest BCUT2D eigenvalue weighted by Crippen LogP contribution is 2.27. The molecule has 0 amide bonds. The quantitative estimate of drug-likeness (QED) is 0.721. The van der Waals surface area contributed by atoms with Crippen molar-refractivity contribution in [1.82, 2.24) is 14.5 Å². The number of nitrogens with one attached hydrogen (secondary N) is 1. The zero-order valence-electron chi connectivity index (χ0n) is 13.0. The summed E-state index contributed by atoms with van der Waals surface area (Å²) in [5.74, 6) is 0.922. The molecule has 0 bridgehead atoms. The van der Waals surface area contributed by atoms with Gasteiger partial charge in [0.15, 0.2) is 0 Å². The van der Waals surface area contributed by atoms with Crippen LogP contribution in [0.3, 0.4) is 0 Å². The molecule has 1 atom stereocenters. The van der Waals surface area contributed by atoms with Crippen molar-refractivity contribution in [2.75, 3.05) is 25.1 Å². The second-order valence-corrected chi connectivity index (χ2v) is 5.81. The van der Waals surface area contributed by atoms with E-state index in [-0.39, 0.29) is 6.04 Å². The third-order valence-electron chi connectivity index (χ3n) is 3.26. The van der Waals surface area contributed by atoms with Gasteiger partial charge in [0.05, 0.1) is 11.7 Å². The summed E-state index contributed by atoms with van der Waals surface area (Å²) in [5.41, 5.74) is 1.03. The maximum Gasteiger partial charge on any atom is 0.203 e. The Morgan fingerprint density at radius 3 is 2.95 bits per heavy atom. The van der Waals surface area contributed by atoms with Crippen molar-refractivity contribution >= 4 is 17.3 Å². The summed E-state index contributed by atoms with van der Waals surface area (Å²) in [4.78, 5) is 9.05. The van der Waals surface area contributed by atoms with Crippen molar-refractivity contribution in [3.05, 3.63) is 28.5 Å². The van der Waals surface area contributed by atoms with Crippen LogP contribution >= 0.6 is 11.3 Å². The van der Waals surface area contributed by atoms with Crippen LogP contribution in [-0.4, -0.2) is 34.3 Å². The maximum atomic E-state index is 5.36. The summed E-state index contributed by atoms with van der Waals surface area (Å²) in [6, 6.07) is 0.251. The van der Waals surface area contributed by atoms with E-state index in [0.29, 0.717) is 0 Å². The third kappa shape index (κ3) is 4.28. The van der Waals surface area contributed by atoms with Crippen molar-refractivity contribution < 1.29 is 4.74 Å². The Morgan fingerprint density at radius 2 is 2.29 bits per heavy atom. The average Bonchev–Trinajstić information content (AvgIpc) is 3.11. The molecule has 0 saturated carbocycles. The summed E-state index contributed by atoms with van der Waals surface area (Å²) in [6.07, 6.45) is 5.94. The van der Waals surface area contributed by atoms with Gasteiger partial charge >= 0.3 is 0 Å². The second-order valence-electron chi connectivity index (χ2n) is 4.88. The molecule has 0 aromatic carbocycles. The molecule has 0 fully saturated rings. The van der Waals surface area contributed by atoms with Crippen molar-refractivity contribution in [2.45, 2.75) is 39.7 Å². The zero-order chi connectivity index (χ0) is 15.1. The number of hydrogen-bond acceptors (Lipinski definition) is 5. The molecule has 1 unspecified atom stereocenters. The SMILES string of the molecule is CCOCCCNc1nc(C)cn1C(CC)c1nccs1. The number of ether oxygens (including phenoxy) is 1. The Morgan fingerprint density at radius 1 is 1.43 bits per heavy atom. The van der Waals surface area contributed by atoms with Crippen LogP contribution in [0.5, 0.6) is 0 Å². The number of aryl methyl sites for hydroxylation is 1.